The second-order valence-corrected chi connectivity index (χ2v) is 2.64. The Hall–Kier alpha value is -0.790. The number of hydrogen-bond donors (Lipinski definition) is 0. The molecule has 11 heavy (non-hydrogen) atoms. The van der Waals surface area contributed by atoms with Crippen LogP contribution in [0.5, 0.6) is 0 Å². The summed E-state index contributed by atoms with van der Waals surface area (Å²) in [4.78, 5) is 10.9. The fraction of sp³-hybridized carbons (Fsp3) is 0.667. The summed E-state index contributed by atoms with van der Waals surface area (Å²) in [5, 5.41) is 0. The fourth-order valence-corrected chi connectivity index (χ4v) is 0.872. The van der Waals surface area contributed by atoms with E-state index in [1.165, 1.54) is 0 Å². The van der Waals surface area contributed by atoms with Crippen LogP contribution in [0.2, 0.25) is 0 Å². The van der Waals surface area contributed by atoms with Gasteiger partial charge in [-0.25, -0.2) is 0 Å². The summed E-state index contributed by atoms with van der Waals surface area (Å²) in [6.07, 6.45) is 3.20. The van der Waals surface area contributed by atoms with Gasteiger partial charge >= 0.3 is 5.97 Å². The third-order valence-corrected chi connectivity index (χ3v) is 1.39. The maximum Gasteiger partial charge on any atom is 0.306 e. The summed E-state index contributed by atoms with van der Waals surface area (Å²) in [6, 6.07) is 0. The summed E-state index contributed by atoms with van der Waals surface area (Å²) in [6.45, 7) is 7.90. The molecule has 0 saturated carbocycles. The highest BCUT2D eigenvalue weighted by Gasteiger charge is 2.07. The molecule has 0 aromatic rings. The number of hydrogen-bond acceptors (Lipinski definition) is 2. The minimum Gasteiger partial charge on any atom is -0.466 e. The minimum absolute atomic E-state index is 0.109. The molecule has 0 unspecified atom stereocenters. The average molecular weight is 156 g/mol. The van der Waals surface area contributed by atoms with Crippen molar-refractivity contribution in [1.82, 2.24) is 0 Å². The smallest absolute Gasteiger partial charge is 0.306 e. The maximum absolute atomic E-state index is 10.9. The third-order valence-electron chi connectivity index (χ3n) is 1.39. The summed E-state index contributed by atoms with van der Waals surface area (Å²) in [7, 11) is 0. The van der Waals surface area contributed by atoms with Crippen molar-refractivity contribution < 1.29 is 9.53 Å². The van der Waals surface area contributed by atoms with Crippen LogP contribution in [0.4, 0.5) is 0 Å². The lowest BCUT2D eigenvalue weighted by molar-refractivity contribution is -0.144. The Morgan fingerprint density at radius 2 is 2.36 bits per heavy atom. The van der Waals surface area contributed by atoms with Crippen molar-refractivity contribution >= 4 is 5.97 Å². The van der Waals surface area contributed by atoms with Crippen LogP contribution >= 0.6 is 0 Å². The van der Waals surface area contributed by atoms with Gasteiger partial charge in [-0.2, -0.15) is 0 Å². The number of rotatable bonds is 5. The van der Waals surface area contributed by atoms with Gasteiger partial charge < -0.3 is 4.74 Å². The fourth-order valence-electron chi connectivity index (χ4n) is 0.872. The molecule has 2 nitrogen and oxygen atoms in total. The number of esters is 1. The Kier molecular flexibility index (Phi) is 5.53. The highest BCUT2D eigenvalue weighted by Crippen LogP contribution is 2.08. The van der Waals surface area contributed by atoms with E-state index in [1.807, 2.05) is 19.9 Å². The zero-order valence-corrected chi connectivity index (χ0v) is 7.30. The Labute approximate surface area is 68.2 Å². The van der Waals surface area contributed by atoms with Crippen molar-refractivity contribution in [2.45, 2.75) is 26.7 Å². The standard InChI is InChI=1S/C9H16O2/c1-4-6-8(3)7-9(10)11-5-2/h4,8H,1,5-7H2,2-3H3/t8-/m1/s1. The van der Waals surface area contributed by atoms with Gasteiger partial charge in [-0.05, 0) is 19.3 Å². The summed E-state index contributed by atoms with van der Waals surface area (Å²) < 4.78 is 4.79. The topological polar surface area (TPSA) is 26.3 Å². The average Bonchev–Trinajstić information content (AvgIpc) is 1.87. The number of ether oxygens (including phenoxy) is 1. The minimum atomic E-state index is -0.109. The monoisotopic (exact) mass is 156 g/mol. The van der Waals surface area contributed by atoms with Gasteiger partial charge in [-0.1, -0.05) is 13.0 Å². The van der Waals surface area contributed by atoms with E-state index in [1.54, 1.807) is 0 Å². The lowest BCUT2D eigenvalue weighted by Crippen LogP contribution is -2.08. The number of carbonyl (C=O) groups excluding carboxylic acids is 1. The molecule has 0 bridgehead atoms. The van der Waals surface area contributed by atoms with E-state index in [2.05, 4.69) is 6.58 Å². The van der Waals surface area contributed by atoms with Gasteiger partial charge in [0.1, 0.15) is 0 Å². The lowest BCUT2D eigenvalue weighted by atomic mass is 10.0. The first-order valence-electron chi connectivity index (χ1n) is 3.97. The highest BCUT2D eigenvalue weighted by atomic mass is 16.5. The summed E-state index contributed by atoms with van der Waals surface area (Å²) >= 11 is 0. The van der Waals surface area contributed by atoms with Gasteiger partial charge in [-0.3, -0.25) is 4.79 Å². The maximum atomic E-state index is 10.9. The Balaban J connectivity index is 3.48. The van der Waals surface area contributed by atoms with Crippen molar-refractivity contribution in [1.29, 1.82) is 0 Å². The number of allylic oxidation sites excluding steroid dienone is 1. The van der Waals surface area contributed by atoms with E-state index in [4.69, 9.17) is 4.74 Å². The van der Waals surface area contributed by atoms with Gasteiger partial charge in [0.2, 0.25) is 0 Å². The van der Waals surface area contributed by atoms with E-state index in [0.29, 0.717) is 18.9 Å². The van der Waals surface area contributed by atoms with Crippen molar-refractivity contribution in [2.24, 2.45) is 5.92 Å². The quantitative estimate of drug-likeness (QED) is 0.450. The molecule has 0 heterocycles. The van der Waals surface area contributed by atoms with Crippen LogP contribution in [0.3, 0.4) is 0 Å². The van der Waals surface area contributed by atoms with Crippen LogP contribution in [-0.4, -0.2) is 12.6 Å². The predicted octanol–water partition coefficient (Wildman–Crippen LogP) is 2.15. The van der Waals surface area contributed by atoms with E-state index in [-0.39, 0.29) is 5.97 Å². The lowest BCUT2D eigenvalue weighted by Gasteiger charge is -2.06. The molecule has 0 aromatic carbocycles. The molecule has 0 aromatic heterocycles. The van der Waals surface area contributed by atoms with E-state index < -0.39 is 0 Å². The van der Waals surface area contributed by atoms with Crippen molar-refractivity contribution in [3.63, 3.8) is 0 Å². The van der Waals surface area contributed by atoms with Gasteiger partial charge in [0.25, 0.3) is 0 Å². The molecule has 0 fully saturated rings. The predicted molar refractivity (Wildman–Crippen MR) is 45.2 cm³/mol. The van der Waals surface area contributed by atoms with Gasteiger partial charge in [0, 0.05) is 6.42 Å². The molecule has 0 saturated heterocycles. The van der Waals surface area contributed by atoms with Crippen LogP contribution in [0.15, 0.2) is 12.7 Å². The first-order chi connectivity index (χ1) is 5.20. The van der Waals surface area contributed by atoms with Crippen molar-refractivity contribution in [2.75, 3.05) is 6.61 Å². The first kappa shape index (κ1) is 10.2. The summed E-state index contributed by atoms with van der Waals surface area (Å²) in [5.74, 6) is 0.244. The molecule has 0 aliphatic heterocycles. The molecule has 0 spiro atoms. The molecule has 1 atom stereocenters. The van der Waals surface area contributed by atoms with E-state index in [0.717, 1.165) is 6.42 Å². The van der Waals surface area contributed by atoms with Crippen molar-refractivity contribution in [3.05, 3.63) is 12.7 Å². The largest absolute Gasteiger partial charge is 0.466 e. The molecule has 0 amide bonds. The Bertz CT molecular complexity index is 130. The SMILES string of the molecule is C=CC[C@@H](C)CC(=O)OCC. The van der Waals surface area contributed by atoms with Crippen LogP contribution in [0.1, 0.15) is 26.7 Å². The molecular formula is C9H16O2. The van der Waals surface area contributed by atoms with Gasteiger partial charge in [0.05, 0.1) is 6.61 Å². The van der Waals surface area contributed by atoms with E-state index >= 15 is 0 Å². The Morgan fingerprint density at radius 1 is 1.73 bits per heavy atom. The molecule has 0 radical (unpaired) electrons. The zero-order chi connectivity index (χ0) is 8.69. The van der Waals surface area contributed by atoms with Gasteiger partial charge in [-0.15, -0.1) is 6.58 Å². The van der Waals surface area contributed by atoms with Crippen LogP contribution in [-0.2, 0) is 9.53 Å². The molecular weight excluding hydrogens is 140 g/mol. The highest BCUT2D eigenvalue weighted by molar-refractivity contribution is 5.69. The van der Waals surface area contributed by atoms with E-state index in [9.17, 15) is 4.79 Å². The Morgan fingerprint density at radius 3 is 2.82 bits per heavy atom. The molecule has 0 aliphatic rings. The molecule has 0 rings (SSSR count). The third kappa shape index (κ3) is 5.64. The second-order valence-electron chi connectivity index (χ2n) is 2.64. The normalized spacial score (nSPS) is 12.2. The van der Waals surface area contributed by atoms with Crippen LogP contribution < -0.4 is 0 Å². The first-order valence-corrected chi connectivity index (χ1v) is 3.97. The molecule has 64 valence electrons. The summed E-state index contributed by atoms with van der Waals surface area (Å²) in [5.41, 5.74) is 0. The van der Waals surface area contributed by atoms with Crippen LogP contribution in [0, 0.1) is 5.92 Å². The molecule has 0 aliphatic carbocycles. The van der Waals surface area contributed by atoms with Crippen LogP contribution in [0.25, 0.3) is 0 Å². The van der Waals surface area contributed by atoms with Crippen molar-refractivity contribution in [3.8, 4) is 0 Å². The molecule has 0 N–H and O–H groups in total. The zero-order valence-electron chi connectivity index (χ0n) is 7.30. The van der Waals surface area contributed by atoms with Gasteiger partial charge in [0.15, 0.2) is 0 Å². The second kappa shape index (κ2) is 5.96. The number of carbonyl (C=O) groups is 1. The molecule has 2 heteroatoms.